The monoisotopic (exact) mass is 699 g/mol. The number of rotatable bonds is 16. The Kier molecular flexibility index (Phi) is 11.9. The number of allylic oxidation sites excluding steroid dienone is 1. The smallest absolute Gasteiger partial charge is 0.313 e. The minimum absolute atomic E-state index is 0.111. The number of ether oxygens (including phenoxy) is 2. The predicted octanol–water partition coefficient (Wildman–Crippen LogP) is 5.36. The highest BCUT2D eigenvalue weighted by Gasteiger charge is 2.75. The van der Waals surface area contributed by atoms with E-state index in [-0.39, 0.29) is 37.3 Å². The lowest BCUT2D eigenvalue weighted by Gasteiger charge is -2.40. The van der Waals surface area contributed by atoms with Crippen LogP contribution in [0.2, 0.25) is 0 Å². The molecule has 0 radical (unpaired) electrons. The molecule has 5 rings (SSSR count). The van der Waals surface area contributed by atoms with E-state index in [1.807, 2.05) is 76.2 Å². The third-order valence-electron chi connectivity index (χ3n) is 10.6. The summed E-state index contributed by atoms with van der Waals surface area (Å²) in [6.45, 7) is 17.1. The third kappa shape index (κ3) is 7.39. The first kappa shape index (κ1) is 38.0. The van der Waals surface area contributed by atoms with Crippen LogP contribution in [0.3, 0.4) is 0 Å². The molecule has 2 N–H and O–H groups in total. The van der Waals surface area contributed by atoms with Crippen molar-refractivity contribution in [2.24, 2.45) is 17.8 Å². The van der Waals surface area contributed by atoms with Gasteiger partial charge in [-0.2, -0.15) is 0 Å². The summed E-state index contributed by atoms with van der Waals surface area (Å²) in [6.07, 6.45) is 3.93. The number of aliphatic hydroxyl groups is 1. The highest BCUT2D eigenvalue weighted by molar-refractivity contribution is 6.05. The summed E-state index contributed by atoms with van der Waals surface area (Å²) >= 11 is 0. The van der Waals surface area contributed by atoms with Gasteiger partial charge in [-0.3, -0.25) is 19.2 Å². The lowest BCUT2D eigenvalue weighted by molar-refractivity contribution is -0.162. The second-order valence-corrected chi connectivity index (χ2v) is 14.7. The van der Waals surface area contributed by atoms with E-state index in [1.165, 1.54) is 4.90 Å². The van der Waals surface area contributed by atoms with Crippen LogP contribution < -0.4 is 10.2 Å². The summed E-state index contributed by atoms with van der Waals surface area (Å²) in [5, 5.41) is 13.7. The Labute approximate surface area is 301 Å². The summed E-state index contributed by atoms with van der Waals surface area (Å²) in [4.78, 5) is 60.2. The van der Waals surface area contributed by atoms with E-state index < -0.39 is 59.6 Å². The number of benzene rings is 2. The molecule has 10 nitrogen and oxygen atoms in total. The quantitative estimate of drug-likeness (QED) is 0.179. The van der Waals surface area contributed by atoms with Crippen LogP contribution in [-0.4, -0.2) is 76.7 Å². The van der Waals surface area contributed by atoms with Crippen LogP contribution in [0.1, 0.15) is 75.7 Å². The second-order valence-electron chi connectivity index (χ2n) is 14.7. The Hall–Kier alpha value is -4.28. The maximum absolute atomic E-state index is 15.1. The number of anilines is 1. The van der Waals surface area contributed by atoms with Crippen molar-refractivity contribution in [1.29, 1.82) is 0 Å². The fraction of sp³-hybridized carbons (Fsp3) is 0.512. The molecule has 3 aliphatic rings. The zero-order valence-electron chi connectivity index (χ0n) is 30.5. The first-order chi connectivity index (χ1) is 24.4. The van der Waals surface area contributed by atoms with Crippen molar-refractivity contribution >= 4 is 29.4 Å². The summed E-state index contributed by atoms with van der Waals surface area (Å²) in [5.74, 6) is -3.40. The number of esters is 1. The number of hydrogen-bond acceptors (Lipinski definition) is 7. The molecule has 274 valence electrons. The normalized spacial score (nSPS) is 25.2. The Bertz CT molecular complexity index is 1630. The van der Waals surface area contributed by atoms with Gasteiger partial charge in [-0.15, -0.1) is 13.2 Å². The molecule has 51 heavy (non-hydrogen) atoms. The van der Waals surface area contributed by atoms with Gasteiger partial charge in [0.1, 0.15) is 17.7 Å². The Balaban J connectivity index is 1.54. The summed E-state index contributed by atoms with van der Waals surface area (Å²) in [6, 6.07) is 12.7. The van der Waals surface area contributed by atoms with E-state index >= 15 is 4.79 Å². The van der Waals surface area contributed by atoms with Crippen molar-refractivity contribution < 1.29 is 33.8 Å². The molecule has 3 saturated heterocycles. The molecule has 0 unspecified atom stereocenters. The number of hydrogen-bond donors (Lipinski definition) is 2. The van der Waals surface area contributed by atoms with E-state index in [0.717, 1.165) is 11.1 Å². The van der Waals surface area contributed by atoms with E-state index in [0.29, 0.717) is 36.9 Å². The van der Waals surface area contributed by atoms with Crippen molar-refractivity contribution in [3.8, 4) is 0 Å². The number of nitrogens with zero attached hydrogens (tertiary/aromatic N) is 2. The van der Waals surface area contributed by atoms with Crippen LogP contribution in [0.15, 0.2) is 73.8 Å². The molecule has 10 heteroatoms. The van der Waals surface area contributed by atoms with Gasteiger partial charge in [0.25, 0.3) is 5.91 Å². The summed E-state index contributed by atoms with van der Waals surface area (Å²) in [7, 11) is 0. The van der Waals surface area contributed by atoms with Gasteiger partial charge < -0.3 is 29.7 Å². The Morgan fingerprint density at radius 1 is 1.12 bits per heavy atom. The summed E-state index contributed by atoms with van der Waals surface area (Å²) in [5.41, 5.74) is 1.96. The molecule has 8 atom stereocenters. The molecule has 2 aromatic carbocycles. The van der Waals surface area contributed by atoms with Crippen LogP contribution in [-0.2, 0) is 28.7 Å². The SMILES string of the molecule is C=CCCC(=O)N[C@@H](C)[C@H](OC(=O)[C@@H]1[C@@H]2CC[C@]3(O2)[C@H](C(=O)N(CC=C)c2cc(C)ccc2C)N([C@@H](CO)CC(C)C)C(=O)[C@@H]13)c1ccccc1. The van der Waals surface area contributed by atoms with Gasteiger partial charge in [0.05, 0.1) is 36.6 Å². The lowest BCUT2D eigenvalue weighted by Crippen LogP contribution is -2.59. The number of fused-ring (bicyclic) bond motifs is 1. The standard InChI is InChI=1S/C41H53N3O7/c1-8-10-16-33(46)42-28(7)36(29-14-12-11-13-15-29)50-40(49)34-32-19-20-41(51-32)35(34)38(47)44(30(24-45)22-25(3)4)37(41)39(48)43(21-9-2)31-23-26(5)17-18-27(31)6/h8-9,11-15,17-18,23,25,28,30,32,34-37,45H,1-2,10,16,19-22,24H2,3-7H3,(H,42,46)/t28-,30+,32-,34+,35+,36-,37-,41+/m0/s1. The first-order valence-electron chi connectivity index (χ1n) is 18.1. The predicted molar refractivity (Wildman–Crippen MR) is 196 cm³/mol. The largest absolute Gasteiger partial charge is 0.455 e. The maximum atomic E-state index is 15.1. The molecule has 3 heterocycles. The van der Waals surface area contributed by atoms with Crippen LogP contribution in [0.25, 0.3) is 0 Å². The molecule has 0 saturated carbocycles. The van der Waals surface area contributed by atoms with Gasteiger partial charge >= 0.3 is 5.97 Å². The van der Waals surface area contributed by atoms with E-state index in [2.05, 4.69) is 18.5 Å². The van der Waals surface area contributed by atoms with E-state index in [9.17, 15) is 19.5 Å². The Morgan fingerprint density at radius 3 is 2.49 bits per heavy atom. The molecule has 0 aromatic heterocycles. The van der Waals surface area contributed by atoms with Crippen molar-refractivity contribution in [1.82, 2.24) is 10.2 Å². The third-order valence-corrected chi connectivity index (χ3v) is 10.6. The fourth-order valence-electron chi connectivity index (χ4n) is 8.39. The molecular weight excluding hydrogens is 646 g/mol. The van der Waals surface area contributed by atoms with Crippen LogP contribution >= 0.6 is 0 Å². The van der Waals surface area contributed by atoms with Crippen LogP contribution in [0, 0.1) is 31.6 Å². The Morgan fingerprint density at radius 2 is 1.84 bits per heavy atom. The topological polar surface area (TPSA) is 125 Å². The number of carbonyl (C=O) groups excluding carboxylic acids is 4. The zero-order chi connectivity index (χ0) is 37.0. The van der Waals surface area contributed by atoms with E-state index in [4.69, 9.17) is 9.47 Å². The molecule has 2 aromatic rings. The highest BCUT2D eigenvalue weighted by atomic mass is 16.6. The van der Waals surface area contributed by atoms with Crippen LogP contribution in [0.4, 0.5) is 5.69 Å². The molecule has 2 bridgehead atoms. The van der Waals surface area contributed by atoms with Crippen molar-refractivity contribution in [3.05, 3.63) is 90.5 Å². The van der Waals surface area contributed by atoms with Gasteiger partial charge in [-0.25, -0.2) is 0 Å². The van der Waals surface area contributed by atoms with Gasteiger partial charge in [0.15, 0.2) is 0 Å². The maximum Gasteiger partial charge on any atom is 0.313 e. The minimum atomic E-state index is -1.29. The molecule has 3 fully saturated rings. The number of carbonyl (C=O) groups is 4. The van der Waals surface area contributed by atoms with Crippen molar-refractivity contribution in [2.75, 3.05) is 18.1 Å². The van der Waals surface area contributed by atoms with Gasteiger partial charge in [-0.1, -0.05) is 68.5 Å². The molecule has 3 amide bonds. The lowest BCUT2D eigenvalue weighted by atomic mass is 9.70. The highest BCUT2D eigenvalue weighted by Crippen LogP contribution is 2.59. The second kappa shape index (κ2) is 15.9. The number of amides is 3. The molecule has 3 aliphatic heterocycles. The minimum Gasteiger partial charge on any atom is -0.455 e. The van der Waals surface area contributed by atoms with Crippen molar-refractivity contribution in [2.45, 2.75) is 103 Å². The summed E-state index contributed by atoms with van der Waals surface area (Å²) < 4.78 is 13.0. The first-order valence-corrected chi connectivity index (χ1v) is 18.1. The number of nitrogens with one attached hydrogen (secondary N) is 1. The number of aliphatic hydroxyl groups excluding tert-OH is 1. The molecule has 0 aliphatic carbocycles. The average Bonchev–Trinajstić information content (AvgIpc) is 3.76. The molecule has 1 spiro atoms. The fourth-order valence-corrected chi connectivity index (χ4v) is 8.39. The van der Waals surface area contributed by atoms with Crippen molar-refractivity contribution in [3.63, 3.8) is 0 Å². The zero-order valence-corrected chi connectivity index (χ0v) is 30.5. The molecular formula is C41H53N3O7. The van der Waals surface area contributed by atoms with Gasteiger partial charge in [-0.05, 0) is 75.1 Å². The van der Waals surface area contributed by atoms with Gasteiger partial charge in [0.2, 0.25) is 11.8 Å². The van der Waals surface area contributed by atoms with Gasteiger partial charge in [0, 0.05) is 18.7 Å². The van der Waals surface area contributed by atoms with Crippen LogP contribution in [0.5, 0.6) is 0 Å². The number of likely N-dealkylation sites (tertiary alicyclic amines) is 1. The average molecular weight is 700 g/mol. The number of aryl methyl sites for hydroxylation is 2. The van der Waals surface area contributed by atoms with E-state index in [1.54, 1.807) is 24.0 Å².